The summed E-state index contributed by atoms with van der Waals surface area (Å²) >= 11 is 0. The lowest BCUT2D eigenvalue weighted by Gasteiger charge is -2.20. The van der Waals surface area contributed by atoms with E-state index in [9.17, 15) is 22.8 Å². The van der Waals surface area contributed by atoms with E-state index in [1.54, 1.807) is 48.3 Å². The molecule has 2 aromatic carbocycles. The second kappa shape index (κ2) is 9.68. The van der Waals surface area contributed by atoms with E-state index in [1.165, 1.54) is 32.2 Å². The van der Waals surface area contributed by atoms with Crippen molar-refractivity contribution in [3.63, 3.8) is 0 Å². The van der Waals surface area contributed by atoms with Gasteiger partial charge in [-0.1, -0.05) is 24.3 Å². The monoisotopic (exact) mass is 497 g/mol. The maximum atomic E-state index is 13.6. The van der Waals surface area contributed by atoms with E-state index in [2.05, 4.69) is 15.4 Å². The number of imidazole rings is 1. The lowest BCUT2D eigenvalue weighted by atomic mass is 10.1. The average molecular weight is 497 g/mol. The zero-order valence-electron chi connectivity index (χ0n) is 19.6. The van der Waals surface area contributed by atoms with Crippen molar-refractivity contribution in [1.29, 1.82) is 0 Å². The quantitative estimate of drug-likeness (QED) is 0.437. The van der Waals surface area contributed by atoms with E-state index in [0.717, 1.165) is 16.8 Å². The molecule has 0 bridgehead atoms. The number of amides is 1. The number of ether oxygens (including phenoxy) is 1. The zero-order valence-corrected chi connectivity index (χ0v) is 19.6. The van der Waals surface area contributed by atoms with Crippen LogP contribution >= 0.6 is 0 Å². The van der Waals surface area contributed by atoms with E-state index in [4.69, 9.17) is 4.74 Å². The second-order valence-corrected chi connectivity index (χ2v) is 8.00. The second-order valence-electron chi connectivity index (χ2n) is 8.00. The fourth-order valence-corrected chi connectivity index (χ4v) is 3.79. The van der Waals surface area contributed by atoms with Crippen molar-refractivity contribution in [3.8, 4) is 11.4 Å². The van der Waals surface area contributed by atoms with Crippen LogP contribution < -0.4 is 15.5 Å². The molecule has 0 aliphatic carbocycles. The summed E-state index contributed by atoms with van der Waals surface area (Å²) in [5, 5.41) is 6.79. The Kier molecular flexibility index (Phi) is 6.65. The van der Waals surface area contributed by atoms with Gasteiger partial charge in [-0.05, 0) is 36.8 Å². The van der Waals surface area contributed by atoms with Gasteiger partial charge in [-0.3, -0.25) is 9.59 Å². The molecule has 0 spiro atoms. The lowest BCUT2D eigenvalue weighted by molar-refractivity contribution is -0.137. The van der Waals surface area contributed by atoms with Gasteiger partial charge >= 0.3 is 6.18 Å². The first kappa shape index (κ1) is 24.7. The molecule has 2 heterocycles. The van der Waals surface area contributed by atoms with Crippen molar-refractivity contribution in [3.05, 3.63) is 106 Å². The highest BCUT2D eigenvalue weighted by Gasteiger charge is 2.34. The summed E-state index contributed by atoms with van der Waals surface area (Å²) in [5.74, 6) is 0.223. The topological polar surface area (TPSA) is 91.0 Å². The summed E-state index contributed by atoms with van der Waals surface area (Å²) in [6.07, 6.45) is -1.40. The number of hydrogen-bond donors (Lipinski definition) is 1. The molecule has 8 nitrogen and oxygen atoms in total. The molecule has 2 aromatic heterocycles. The molecule has 0 radical (unpaired) electrons. The van der Waals surface area contributed by atoms with Gasteiger partial charge in [-0.25, -0.2) is 9.67 Å². The molecular formula is C25H22F3N5O3. The Morgan fingerprint density at radius 3 is 2.42 bits per heavy atom. The lowest BCUT2D eigenvalue weighted by Crippen LogP contribution is -2.36. The Morgan fingerprint density at radius 2 is 1.81 bits per heavy atom. The van der Waals surface area contributed by atoms with Crippen LogP contribution in [0.25, 0.3) is 5.69 Å². The number of methoxy groups -OCH3 is 1. The Bertz CT molecular complexity index is 1460. The van der Waals surface area contributed by atoms with Crippen molar-refractivity contribution in [2.75, 3.05) is 7.11 Å². The van der Waals surface area contributed by atoms with Gasteiger partial charge in [0, 0.05) is 31.2 Å². The summed E-state index contributed by atoms with van der Waals surface area (Å²) in [6, 6.07) is 12.0. The molecule has 4 aromatic rings. The highest BCUT2D eigenvalue weighted by molar-refractivity contribution is 5.92. The molecule has 0 aliphatic heterocycles. The van der Waals surface area contributed by atoms with Gasteiger partial charge in [-0.2, -0.15) is 18.3 Å². The predicted octanol–water partition coefficient (Wildman–Crippen LogP) is 3.82. The SMILES string of the molecule is COc1ccc(C(NC(=O)c2nn(-c3ccccc3C(F)(F)F)c(C)cc2=O)c2nccn2C)cc1. The molecule has 186 valence electrons. The normalized spacial score (nSPS) is 12.3. The maximum absolute atomic E-state index is 13.6. The summed E-state index contributed by atoms with van der Waals surface area (Å²) in [6.45, 7) is 1.44. The highest BCUT2D eigenvalue weighted by atomic mass is 19.4. The van der Waals surface area contributed by atoms with Gasteiger partial charge in [0.25, 0.3) is 5.91 Å². The van der Waals surface area contributed by atoms with Crippen LogP contribution in [-0.4, -0.2) is 32.3 Å². The van der Waals surface area contributed by atoms with Gasteiger partial charge < -0.3 is 14.6 Å². The number of hydrogen-bond acceptors (Lipinski definition) is 5. The average Bonchev–Trinajstić information content (AvgIpc) is 3.27. The zero-order chi connectivity index (χ0) is 26.0. The first-order chi connectivity index (χ1) is 17.1. The molecule has 4 rings (SSSR count). The number of nitrogens with one attached hydrogen (secondary N) is 1. The minimum absolute atomic E-state index is 0.143. The van der Waals surface area contributed by atoms with Crippen molar-refractivity contribution in [1.82, 2.24) is 24.6 Å². The van der Waals surface area contributed by atoms with Crippen LogP contribution in [0.3, 0.4) is 0 Å². The summed E-state index contributed by atoms with van der Waals surface area (Å²) in [7, 11) is 3.27. The molecule has 11 heteroatoms. The molecule has 0 saturated heterocycles. The molecule has 1 unspecified atom stereocenters. The third-order valence-corrected chi connectivity index (χ3v) is 5.60. The minimum atomic E-state index is -4.66. The van der Waals surface area contributed by atoms with Gasteiger partial charge in [0.1, 0.15) is 17.6 Å². The predicted molar refractivity (Wildman–Crippen MR) is 125 cm³/mol. The molecule has 0 saturated carbocycles. The van der Waals surface area contributed by atoms with E-state index < -0.39 is 34.8 Å². The number of aryl methyl sites for hydroxylation is 2. The largest absolute Gasteiger partial charge is 0.497 e. The van der Waals surface area contributed by atoms with Crippen LogP contribution in [0.1, 0.15) is 39.2 Å². The number of alkyl halides is 3. The van der Waals surface area contributed by atoms with E-state index in [-0.39, 0.29) is 11.4 Å². The van der Waals surface area contributed by atoms with Crippen LogP contribution in [-0.2, 0) is 13.2 Å². The van der Waals surface area contributed by atoms with Crippen LogP contribution in [0.2, 0.25) is 0 Å². The highest BCUT2D eigenvalue weighted by Crippen LogP contribution is 2.33. The van der Waals surface area contributed by atoms with Gasteiger partial charge in [0.2, 0.25) is 5.43 Å². The Balaban J connectivity index is 1.77. The molecule has 0 aliphatic rings. The minimum Gasteiger partial charge on any atom is -0.497 e. The number of para-hydroxylation sites is 1. The van der Waals surface area contributed by atoms with E-state index >= 15 is 0 Å². The third-order valence-electron chi connectivity index (χ3n) is 5.60. The van der Waals surface area contributed by atoms with Gasteiger partial charge in [0.05, 0.1) is 18.4 Å². The number of halogens is 3. The Labute approximate surface area is 204 Å². The van der Waals surface area contributed by atoms with Crippen LogP contribution in [0.15, 0.2) is 71.8 Å². The van der Waals surface area contributed by atoms with Gasteiger partial charge in [0.15, 0.2) is 5.69 Å². The molecule has 1 N–H and O–H groups in total. The molecule has 0 fully saturated rings. The fraction of sp³-hybridized carbons (Fsp3) is 0.200. The molecular weight excluding hydrogens is 475 g/mol. The summed E-state index contributed by atoms with van der Waals surface area (Å²) in [5.41, 5.74) is -1.73. The van der Waals surface area contributed by atoms with Crippen molar-refractivity contribution in [2.24, 2.45) is 7.05 Å². The van der Waals surface area contributed by atoms with Crippen LogP contribution in [0.4, 0.5) is 13.2 Å². The molecule has 1 amide bonds. The van der Waals surface area contributed by atoms with Gasteiger partial charge in [-0.15, -0.1) is 0 Å². The van der Waals surface area contributed by atoms with Crippen LogP contribution in [0.5, 0.6) is 5.75 Å². The first-order valence-corrected chi connectivity index (χ1v) is 10.8. The fourth-order valence-electron chi connectivity index (χ4n) is 3.79. The number of carbonyl (C=O) groups is 1. The van der Waals surface area contributed by atoms with Crippen molar-refractivity contribution < 1.29 is 22.7 Å². The van der Waals surface area contributed by atoms with E-state index in [1.807, 2.05) is 0 Å². The Morgan fingerprint density at radius 1 is 1.11 bits per heavy atom. The van der Waals surface area contributed by atoms with Crippen molar-refractivity contribution >= 4 is 5.91 Å². The Hall–Kier alpha value is -4.41. The third kappa shape index (κ3) is 4.85. The molecule has 1 atom stereocenters. The van der Waals surface area contributed by atoms with Crippen molar-refractivity contribution in [2.45, 2.75) is 19.1 Å². The maximum Gasteiger partial charge on any atom is 0.418 e. The first-order valence-electron chi connectivity index (χ1n) is 10.8. The number of aromatic nitrogens is 4. The summed E-state index contributed by atoms with van der Waals surface area (Å²) < 4.78 is 48.7. The van der Waals surface area contributed by atoms with E-state index in [0.29, 0.717) is 17.1 Å². The smallest absolute Gasteiger partial charge is 0.418 e. The van der Waals surface area contributed by atoms with Crippen LogP contribution in [0, 0.1) is 6.92 Å². The number of carbonyl (C=O) groups excluding carboxylic acids is 1. The molecule has 36 heavy (non-hydrogen) atoms. The number of nitrogens with zero attached hydrogens (tertiary/aromatic N) is 4. The standard InChI is InChI=1S/C25H22F3N5O3/c1-15-14-20(34)22(31-33(15)19-7-5-4-6-18(19)25(26,27)28)24(35)30-21(23-29-12-13-32(23)2)16-8-10-17(36-3)11-9-16/h4-14,21H,1-3H3,(H,30,35). The number of rotatable bonds is 6. The summed E-state index contributed by atoms with van der Waals surface area (Å²) in [4.78, 5) is 30.3. The number of benzene rings is 2.